The second-order valence-corrected chi connectivity index (χ2v) is 4.80. The Kier molecular flexibility index (Phi) is 4.01. The monoisotopic (exact) mass is 210 g/mol. The van der Waals surface area contributed by atoms with E-state index in [0.717, 1.165) is 12.1 Å². The van der Waals surface area contributed by atoms with Gasteiger partial charge >= 0.3 is 0 Å². The number of rotatable bonds is 1. The minimum atomic E-state index is 0.446. The maximum absolute atomic E-state index is 9.02. The van der Waals surface area contributed by atoms with Crippen LogP contribution in [0.1, 0.15) is 51.4 Å². The zero-order valence-corrected chi connectivity index (χ0v) is 9.49. The van der Waals surface area contributed by atoms with E-state index >= 15 is 0 Å². The minimum absolute atomic E-state index is 0.446. The molecule has 2 fully saturated rings. The Morgan fingerprint density at radius 2 is 1.73 bits per heavy atom. The quantitative estimate of drug-likeness (QED) is 0.533. The van der Waals surface area contributed by atoms with Gasteiger partial charge in [0.25, 0.3) is 0 Å². The summed E-state index contributed by atoms with van der Waals surface area (Å²) in [6, 6.07) is 0.446. The Hall–Kier alpha value is -0.570. The summed E-state index contributed by atoms with van der Waals surface area (Å²) in [5.41, 5.74) is 1.03. The summed E-state index contributed by atoms with van der Waals surface area (Å²) in [6.45, 7) is 2.40. The first kappa shape index (κ1) is 10.9. The van der Waals surface area contributed by atoms with Crippen LogP contribution in [-0.4, -0.2) is 35.0 Å². The van der Waals surface area contributed by atoms with Crippen LogP contribution in [0.25, 0.3) is 0 Å². The normalized spacial score (nSPS) is 32.8. The van der Waals surface area contributed by atoms with E-state index in [1.165, 1.54) is 58.0 Å². The molecule has 3 heteroatoms. The van der Waals surface area contributed by atoms with Gasteiger partial charge in [-0.1, -0.05) is 24.4 Å². The van der Waals surface area contributed by atoms with Gasteiger partial charge in [-0.2, -0.15) is 0 Å². The van der Waals surface area contributed by atoms with Crippen molar-refractivity contribution < 1.29 is 5.21 Å². The van der Waals surface area contributed by atoms with Gasteiger partial charge in [-0.3, -0.25) is 4.90 Å². The van der Waals surface area contributed by atoms with Gasteiger partial charge in [0.1, 0.15) is 0 Å². The number of nitrogens with zero attached hydrogens (tertiary/aromatic N) is 2. The summed E-state index contributed by atoms with van der Waals surface area (Å²) < 4.78 is 0. The van der Waals surface area contributed by atoms with Crippen LogP contribution in [0.15, 0.2) is 5.16 Å². The number of likely N-dealkylation sites (tertiary alicyclic amines) is 1. The number of hydrogen-bond acceptors (Lipinski definition) is 3. The first-order valence-corrected chi connectivity index (χ1v) is 6.36. The van der Waals surface area contributed by atoms with Crippen LogP contribution >= 0.6 is 0 Å². The van der Waals surface area contributed by atoms with Crippen molar-refractivity contribution in [2.45, 2.75) is 57.4 Å². The SMILES string of the molecule is O/N=C1\CCCC[C@H]1N1CCCCCC1. The molecule has 0 aromatic carbocycles. The lowest BCUT2D eigenvalue weighted by molar-refractivity contribution is 0.220. The van der Waals surface area contributed by atoms with Crippen LogP contribution in [-0.2, 0) is 0 Å². The highest BCUT2D eigenvalue weighted by molar-refractivity contribution is 5.89. The molecule has 0 unspecified atom stereocenters. The van der Waals surface area contributed by atoms with Crippen LogP contribution < -0.4 is 0 Å². The van der Waals surface area contributed by atoms with Crippen molar-refractivity contribution in [2.24, 2.45) is 5.16 Å². The van der Waals surface area contributed by atoms with E-state index < -0.39 is 0 Å². The maximum atomic E-state index is 9.02. The number of oxime groups is 1. The largest absolute Gasteiger partial charge is 0.411 e. The second kappa shape index (κ2) is 5.50. The maximum Gasteiger partial charge on any atom is 0.0742 e. The zero-order chi connectivity index (χ0) is 10.5. The van der Waals surface area contributed by atoms with Gasteiger partial charge < -0.3 is 5.21 Å². The fourth-order valence-corrected chi connectivity index (χ4v) is 2.89. The summed E-state index contributed by atoms with van der Waals surface area (Å²) >= 11 is 0. The molecule has 2 aliphatic rings. The smallest absolute Gasteiger partial charge is 0.0742 e. The molecule has 0 aromatic rings. The van der Waals surface area contributed by atoms with E-state index in [0.29, 0.717) is 6.04 Å². The Bertz CT molecular complexity index is 220. The van der Waals surface area contributed by atoms with E-state index in [4.69, 9.17) is 5.21 Å². The summed E-state index contributed by atoms with van der Waals surface area (Å²) in [6.07, 6.45) is 10.1. The lowest BCUT2D eigenvalue weighted by Crippen LogP contribution is -2.43. The van der Waals surface area contributed by atoms with E-state index in [9.17, 15) is 0 Å². The van der Waals surface area contributed by atoms with E-state index in [2.05, 4.69) is 10.1 Å². The first-order chi connectivity index (χ1) is 7.42. The van der Waals surface area contributed by atoms with Gasteiger partial charge in [0.15, 0.2) is 0 Å². The molecule has 0 radical (unpaired) electrons. The molecule has 2 rings (SSSR count). The highest BCUT2D eigenvalue weighted by Crippen LogP contribution is 2.23. The van der Waals surface area contributed by atoms with Gasteiger partial charge in [0, 0.05) is 0 Å². The average Bonchev–Trinajstić information content (AvgIpc) is 2.57. The Morgan fingerprint density at radius 1 is 1.00 bits per heavy atom. The van der Waals surface area contributed by atoms with Crippen molar-refractivity contribution in [1.29, 1.82) is 0 Å². The lowest BCUT2D eigenvalue weighted by Gasteiger charge is -2.33. The summed E-state index contributed by atoms with van der Waals surface area (Å²) in [5.74, 6) is 0. The molecule has 1 saturated heterocycles. The Labute approximate surface area is 92.1 Å². The topological polar surface area (TPSA) is 35.8 Å². The van der Waals surface area contributed by atoms with Gasteiger partial charge in [-0.15, -0.1) is 0 Å². The van der Waals surface area contributed by atoms with Gasteiger partial charge in [0.2, 0.25) is 0 Å². The van der Waals surface area contributed by atoms with Gasteiger partial charge in [0.05, 0.1) is 11.8 Å². The molecule has 15 heavy (non-hydrogen) atoms. The third-order valence-corrected chi connectivity index (χ3v) is 3.75. The van der Waals surface area contributed by atoms with Crippen molar-refractivity contribution in [3.05, 3.63) is 0 Å². The zero-order valence-electron chi connectivity index (χ0n) is 9.49. The van der Waals surface area contributed by atoms with Crippen LogP contribution in [0.5, 0.6) is 0 Å². The molecule has 1 N–H and O–H groups in total. The Balaban J connectivity index is 1.99. The predicted octanol–water partition coefficient (Wildman–Crippen LogP) is 2.64. The fraction of sp³-hybridized carbons (Fsp3) is 0.917. The van der Waals surface area contributed by atoms with Gasteiger partial charge in [-0.05, 0) is 45.2 Å². The molecule has 3 nitrogen and oxygen atoms in total. The standard InChI is InChI=1S/C12H22N2O/c15-13-11-7-3-4-8-12(11)14-9-5-1-2-6-10-14/h12,15H,1-10H2/b13-11+/t12-/m1/s1. The minimum Gasteiger partial charge on any atom is -0.411 e. The molecule has 1 atom stereocenters. The van der Waals surface area contributed by atoms with E-state index in [1.54, 1.807) is 0 Å². The molecular weight excluding hydrogens is 188 g/mol. The highest BCUT2D eigenvalue weighted by atomic mass is 16.4. The molecule has 0 aromatic heterocycles. The van der Waals surface area contributed by atoms with Crippen LogP contribution in [0.4, 0.5) is 0 Å². The second-order valence-electron chi connectivity index (χ2n) is 4.80. The van der Waals surface area contributed by atoms with Crippen molar-refractivity contribution in [3.63, 3.8) is 0 Å². The predicted molar refractivity (Wildman–Crippen MR) is 61.5 cm³/mol. The van der Waals surface area contributed by atoms with Crippen molar-refractivity contribution >= 4 is 5.71 Å². The van der Waals surface area contributed by atoms with Crippen LogP contribution in [0.3, 0.4) is 0 Å². The number of hydrogen-bond donors (Lipinski definition) is 1. The lowest BCUT2D eigenvalue weighted by atomic mass is 9.92. The molecular formula is C12H22N2O. The van der Waals surface area contributed by atoms with Crippen molar-refractivity contribution in [3.8, 4) is 0 Å². The van der Waals surface area contributed by atoms with Crippen molar-refractivity contribution in [1.82, 2.24) is 4.90 Å². The first-order valence-electron chi connectivity index (χ1n) is 6.36. The molecule has 0 amide bonds. The molecule has 0 bridgehead atoms. The van der Waals surface area contributed by atoms with Crippen molar-refractivity contribution in [2.75, 3.05) is 13.1 Å². The molecule has 1 saturated carbocycles. The molecule has 86 valence electrons. The molecule has 1 aliphatic heterocycles. The van der Waals surface area contributed by atoms with Crippen LogP contribution in [0, 0.1) is 0 Å². The molecule has 1 aliphatic carbocycles. The average molecular weight is 210 g/mol. The summed E-state index contributed by atoms with van der Waals surface area (Å²) in [5, 5.41) is 12.5. The highest BCUT2D eigenvalue weighted by Gasteiger charge is 2.27. The molecule has 1 heterocycles. The van der Waals surface area contributed by atoms with E-state index in [-0.39, 0.29) is 0 Å². The Morgan fingerprint density at radius 3 is 2.40 bits per heavy atom. The van der Waals surface area contributed by atoms with E-state index in [1.807, 2.05) is 0 Å². The third-order valence-electron chi connectivity index (χ3n) is 3.75. The summed E-state index contributed by atoms with van der Waals surface area (Å²) in [4.78, 5) is 2.54. The third kappa shape index (κ3) is 2.71. The van der Waals surface area contributed by atoms with Crippen LogP contribution in [0.2, 0.25) is 0 Å². The molecule has 0 spiro atoms. The summed E-state index contributed by atoms with van der Waals surface area (Å²) in [7, 11) is 0. The van der Waals surface area contributed by atoms with Gasteiger partial charge in [-0.25, -0.2) is 0 Å². The fourth-order valence-electron chi connectivity index (χ4n) is 2.89.